The van der Waals surface area contributed by atoms with Crippen LogP contribution < -0.4 is 4.90 Å². The fraction of sp³-hybridized carbons (Fsp3) is 0.529. The lowest BCUT2D eigenvalue weighted by Crippen LogP contribution is -2.44. The molecule has 1 aliphatic carbocycles. The normalized spacial score (nSPS) is 22.0. The average Bonchev–Trinajstić information content (AvgIpc) is 3.25. The van der Waals surface area contributed by atoms with E-state index in [4.69, 9.17) is 11.6 Å². The van der Waals surface area contributed by atoms with Crippen molar-refractivity contribution in [1.82, 2.24) is 14.5 Å². The molecule has 6 heteroatoms. The lowest BCUT2D eigenvalue weighted by atomic mass is 10.2. The van der Waals surface area contributed by atoms with E-state index >= 15 is 0 Å². The van der Waals surface area contributed by atoms with Gasteiger partial charge in [0.25, 0.3) is 0 Å². The third-order valence-corrected chi connectivity index (χ3v) is 7.59. The van der Waals surface area contributed by atoms with E-state index in [0.717, 1.165) is 47.4 Å². The highest BCUT2D eigenvalue weighted by atomic mass is 35.5. The second-order valence-electron chi connectivity index (χ2n) is 6.48. The van der Waals surface area contributed by atoms with Crippen LogP contribution in [0.4, 0.5) is 5.69 Å². The maximum absolute atomic E-state index is 6.27. The van der Waals surface area contributed by atoms with Gasteiger partial charge in [-0.25, -0.2) is 0 Å². The molecule has 0 radical (unpaired) electrons. The van der Waals surface area contributed by atoms with Gasteiger partial charge in [0.2, 0.25) is 0 Å². The van der Waals surface area contributed by atoms with Crippen molar-refractivity contribution in [2.24, 2.45) is 0 Å². The molecule has 4 rings (SSSR count). The van der Waals surface area contributed by atoms with Crippen molar-refractivity contribution in [3.05, 3.63) is 23.4 Å². The molecule has 124 valence electrons. The summed E-state index contributed by atoms with van der Waals surface area (Å²) < 4.78 is 2.60. The summed E-state index contributed by atoms with van der Waals surface area (Å²) in [5.41, 5.74) is 2.21. The number of rotatable bonds is 3. The molecule has 2 aromatic rings. The molecule has 2 heterocycles. The Bertz CT molecular complexity index is 714. The van der Waals surface area contributed by atoms with Gasteiger partial charge in [0.05, 0.1) is 11.7 Å². The van der Waals surface area contributed by atoms with Crippen molar-refractivity contribution in [3.63, 3.8) is 0 Å². The number of nitrogens with one attached hydrogen (secondary N) is 1. The van der Waals surface area contributed by atoms with E-state index in [1.807, 2.05) is 12.3 Å². The maximum atomic E-state index is 6.27. The first-order chi connectivity index (χ1) is 11.2. The molecule has 0 spiro atoms. The zero-order chi connectivity index (χ0) is 15.8. The number of aromatic nitrogens is 2. The molecule has 2 aliphatic rings. The summed E-state index contributed by atoms with van der Waals surface area (Å²) in [6, 6.07) is 4.01. The van der Waals surface area contributed by atoms with Crippen LogP contribution in [0, 0.1) is 0 Å². The molecular formula is C17H23ClN4S. The molecule has 1 N–H and O–H groups in total. The molecule has 23 heavy (non-hydrogen) atoms. The highest BCUT2D eigenvalue weighted by Crippen LogP contribution is 2.37. The third-order valence-electron chi connectivity index (χ3n) is 5.10. The minimum atomic E-state index is 0.185. The summed E-state index contributed by atoms with van der Waals surface area (Å²) >= 11 is 6.27. The summed E-state index contributed by atoms with van der Waals surface area (Å²) in [6.07, 6.45) is 7.43. The van der Waals surface area contributed by atoms with Crippen LogP contribution in [0.5, 0.6) is 0 Å². The van der Waals surface area contributed by atoms with Gasteiger partial charge in [0.15, 0.2) is 0 Å². The molecular weight excluding hydrogens is 328 g/mol. The van der Waals surface area contributed by atoms with Crippen LogP contribution in [-0.4, -0.2) is 51.8 Å². The van der Waals surface area contributed by atoms with Crippen LogP contribution in [0.2, 0.25) is 5.02 Å². The van der Waals surface area contributed by atoms with Crippen molar-refractivity contribution in [1.29, 1.82) is 0 Å². The number of benzene rings is 1. The Morgan fingerprint density at radius 3 is 2.65 bits per heavy atom. The van der Waals surface area contributed by atoms with Crippen molar-refractivity contribution in [3.8, 4) is 0 Å². The number of aromatic amines is 1. The zero-order valence-corrected chi connectivity index (χ0v) is 14.9. The standard InChI is InChI=1S/C17H23ClN4S/c1-23(14-4-2-3-5-14)22-8-6-21(7-9-22)17-11-13(18)10-16-15(17)12-19-20-16/h10-12,14H,1-9H2,(H,19,20). The van der Waals surface area contributed by atoms with E-state index < -0.39 is 0 Å². The molecule has 1 saturated carbocycles. The topological polar surface area (TPSA) is 35.2 Å². The highest BCUT2D eigenvalue weighted by Gasteiger charge is 2.25. The number of fused-ring (bicyclic) bond motifs is 1. The zero-order valence-electron chi connectivity index (χ0n) is 13.3. The fourth-order valence-electron chi connectivity index (χ4n) is 3.79. The Balaban J connectivity index is 1.48. The van der Waals surface area contributed by atoms with E-state index in [1.165, 1.54) is 31.4 Å². The summed E-state index contributed by atoms with van der Waals surface area (Å²) in [4.78, 5) is 2.44. The van der Waals surface area contributed by atoms with Crippen LogP contribution >= 0.6 is 22.3 Å². The number of hydrogen-bond acceptors (Lipinski definition) is 3. The molecule has 4 nitrogen and oxygen atoms in total. The first kappa shape index (κ1) is 15.5. The predicted octanol–water partition coefficient (Wildman–Crippen LogP) is 3.90. The molecule has 1 saturated heterocycles. The summed E-state index contributed by atoms with van der Waals surface area (Å²) in [5.74, 6) is 4.50. The Labute approximate surface area is 144 Å². The Morgan fingerprint density at radius 2 is 1.91 bits per heavy atom. The molecule has 1 aromatic heterocycles. The van der Waals surface area contributed by atoms with Crippen LogP contribution in [0.25, 0.3) is 10.9 Å². The minimum absolute atomic E-state index is 0.185. The number of hydrogen-bond donors (Lipinski definition) is 1. The van der Waals surface area contributed by atoms with E-state index in [9.17, 15) is 0 Å². The molecule has 1 aliphatic heterocycles. The first-order valence-electron chi connectivity index (χ1n) is 8.38. The second kappa shape index (κ2) is 6.46. The smallest absolute Gasteiger partial charge is 0.0686 e. The lowest BCUT2D eigenvalue weighted by molar-refractivity contribution is 0.426. The lowest BCUT2D eigenvalue weighted by Gasteiger charge is -2.39. The summed E-state index contributed by atoms with van der Waals surface area (Å²) in [5, 5.41) is 9.94. The number of halogens is 1. The molecule has 1 aromatic carbocycles. The number of nitrogens with zero attached hydrogens (tertiary/aromatic N) is 3. The quantitative estimate of drug-likeness (QED) is 0.853. The number of anilines is 1. The van der Waals surface area contributed by atoms with Crippen LogP contribution in [-0.2, 0) is 0 Å². The fourth-order valence-corrected chi connectivity index (χ4v) is 5.94. The molecule has 1 atom stereocenters. The molecule has 2 fully saturated rings. The van der Waals surface area contributed by atoms with Gasteiger partial charge >= 0.3 is 0 Å². The van der Waals surface area contributed by atoms with Crippen LogP contribution in [0.1, 0.15) is 25.7 Å². The first-order valence-corrected chi connectivity index (χ1v) is 10.2. The number of piperazine rings is 1. The summed E-state index contributed by atoms with van der Waals surface area (Å²) in [7, 11) is 0.185. The monoisotopic (exact) mass is 350 g/mol. The SMILES string of the molecule is C=S(C1CCCC1)N1CCN(c2cc(Cl)cc3[nH]ncc23)CC1. The number of H-pyrrole nitrogens is 1. The van der Waals surface area contributed by atoms with Crippen LogP contribution in [0.15, 0.2) is 18.3 Å². The minimum Gasteiger partial charge on any atom is -0.368 e. The second-order valence-corrected chi connectivity index (χ2v) is 8.90. The third kappa shape index (κ3) is 3.02. The molecule has 0 bridgehead atoms. The van der Waals surface area contributed by atoms with Crippen LogP contribution in [0.3, 0.4) is 0 Å². The van der Waals surface area contributed by atoms with E-state index in [1.54, 1.807) is 0 Å². The van der Waals surface area contributed by atoms with E-state index in [2.05, 4.69) is 31.3 Å². The van der Waals surface area contributed by atoms with Gasteiger partial charge in [-0.3, -0.25) is 9.40 Å². The summed E-state index contributed by atoms with van der Waals surface area (Å²) in [6.45, 7) is 4.25. The largest absolute Gasteiger partial charge is 0.368 e. The Hall–Kier alpha value is -1.04. The van der Waals surface area contributed by atoms with Crippen molar-refractivity contribution in [2.75, 3.05) is 31.1 Å². The Morgan fingerprint density at radius 1 is 1.17 bits per heavy atom. The van der Waals surface area contributed by atoms with Gasteiger partial charge in [-0.2, -0.15) is 5.10 Å². The maximum Gasteiger partial charge on any atom is 0.0686 e. The molecule has 1 unspecified atom stereocenters. The van der Waals surface area contributed by atoms with Gasteiger partial charge in [-0.05, 0) is 25.0 Å². The van der Waals surface area contributed by atoms with E-state index in [-0.39, 0.29) is 10.7 Å². The Kier molecular flexibility index (Phi) is 4.35. The van der Waals surface area contributed by atoms with Crippen molar-refractivity contribution >= 4 is 44.7 Å². The average molecular weight is 351 g/mol. The van der Waals surface area contributed by atoms with Gasteiger partial charge in [0, 0.05) is 47.5 Å². The predicted molar refractivity (Wildman–Crippen MR) is 102 cm³/mol. The van der Waals surface area contributed by atoms with Gasteiger partial charge < -0.3 is 4.90 Å². The molecule has 0 amide bonds. The van der Waals surface area contributed by atoms with Gasteiger partial charge in [0.1, 0.15) is 0 Å². The highest BCUT2D eigenvalue weighted by molar-refractivity contribution is 8.12. The van der Waals surface area contributed by atoms with E-state index in [0.29, 0.717) is 0 Å². The van der Waals surface area contributed by atoms with Gasteiger partial charge in [-0.1, -0.05) is 30.3 Å². The van der Waals surface area contributed by atoms with Crippen molar-refractivity contribution < 1.29 is 0 Å². The van der Waals surface area contributed by atoms with Crippen molar-refractivity contribution in [2.45, 2.75) is 30.9 Å². The van der Waals surface area contributed by atoms with Gasteiger partial charge in [-0.15, -0.1) is 10.7 Å².